The van der Waals surface area contributed by atoms with Gasteiger partial charge in [0, 0.05) is 51.1 Å². The molecule has 0 saturated carbocycles. The summed E-state index contributed by atoms with van der Waals surface area (Å²) in [5.41, 5.74) is 2.74. The number of carbonyl (C=O) groups is 1. The molecule has 5 nitrogen and oxygen atoms in total. The summed E-state index contributed by atoms with van der Waals surface area (Å²) in [5.74, 6) is 1.25. The lowest BCUT2D eigenvalue weighted by molar-refractivity contribution is -0.121. The number of piperazine rings is 1. The van der Waals surface area contributed by atoms with Crippen LogP contribution in [0.1, 0.15) is 44.2 Å². The summed E-state index contributed by atoms with van der Waals surface area (Å²) < 4.78 is 6.01. The molecule has 142 valence electrons. The van der Waals surface area contributed by atoms with Gasteiger partial charge in [-0.25, -0.2) is 0 Å². The van der Waals surface area contributed by atoms with Crippen molar-refractivity contribution in [3.05, 3.63) is 29.3 Å². The number of ether oxygens (including phenoxy) is 1. The van der Waals surface area contributed by atoms with Crippen molar-refractivity contribution in [2.45, 2.75) is 57.2 Å². The maximum absolute atomic E-state index is 11.8. The Morgan fingerprint density at radius 3 is 2.92 bits per heavy atom. The highest BCUT2D eigenvalue weighted by Gasteiger charge is 2.40. The van der Waals surface area contributed by atoms with Gasteiger partial charge in [0.05, 0.1) is 0 Å². The van der Waals surface area contributed by atoms with Gasteiger partial charge in [-0.1, -0.05) is 12.1 Å². The molecule has 5 heteroatoms. The van der Waals surface area contributed by atoms with Gasteiger partial charge in [0.1, 0.15) is 11.4 Å². The average molecular weight is 357 g/mol. The second kappa shape index (κ2) is 6.54. The van der Waals surface area contributed by atoms with Gasteiger partial charge in [-0.05, 0) is 50.9 Å². The standard InChI is InChI=1S/C21H31N3O2/c1-20(2)13-17-12-16(4-5-18(17)26-20)14-24-11-10-23(3)21(15-24)7-6-19(25)22-9-8-21/h4-5,12H,6-11,13-15H2,1-3H3,(H,22,25)/t21-/m1/s1. The SMILES string of the molecule is CN1CCN(Cc2ccc3c(c2)CC(C)(C)O3)C[C@@]12CCNC(=O)CC2. The number of nitrogens with zero attached hydrogens (tertiary/aromatic N) is 2. The van der Waals surface area contributed by atoms with E-state index in [0.29, 0.717) is 6.42 Å². The summed E-state index contributed by atoms with van der Waals surface area (Å²) in [4.78, 5) is 16.9. The molecule has 1 spiro atoms. The van der Waals surface area contributed by atoms with Crippen LogP contribution in [0.25, 0.3) is 0 Å². The Kier molecular flexibility index (Phi) is 4.48. The predicted octanol–water partition coefficient (Wildman–Crippen LogP) is 2.19. The van der Waals surface area contributed by atoms with Gasteiger partial charge in [0.25, 0.3) is 0 Å². The Bertz CT molecular complexity index is 702. The van der Waals surface area contributed by atoms with Gasteiger partial charge in [0.2, 0.25) is 5.91 Å². The molecule has 4 rings (SSSR count). The number of rotatable bonds is 2. The summed E-state index contributed by atoms with van der Waals surface area (Å²) in [6.45, 7) is 9.26. The number of likely N-dealkylation sites (N-methyl/N-ethyl adjacent to an activating group) is 1. The van der Waals surface area contributed by atoms with Crippen molar-refractivity contribution in [2.24, 2.45) is 0 Å². The van der Waals surface area contributed by atoms with Gasteiger partial charge < -0.3 is 10.1 Å². The molecule has 0 aliphatic carbocycles. The van der Waals surface area contributed by atoms with Crippen LogP contribution >= 0.6 is 0 Å². The van der Waals surface area contributed by atoms with Crippen LogP contribution < -0.4 is 10.1 Å². The largest absolute Gasteiger partial charge is 0.487 e. The summed E-state index contributed by atoms with van der Waals surface area (Å²) in [5, 5.41) is 3.04. The second-order valence-corrected chi connectivity index (χ2v) is 8.94. The fourth-order valence-electron chi connectivity index (χ4n) is 4.83. The molecule has 1 aromatic rings. The van der Waals surface area contributed by atoms with Crippen molar-refractivity contribution in [3.8, 4) is 5.75 Å². The maximum atomic E-state index is 11.8. The number of hydrogen-bond acceptors (Lipinski definition) is 4. The first kappa shape index (κ1) is 17.8. The van der Waals surface area contributed by atoms with E-state index in [0.717, 1.165) is 57.7 Å². The van der Waals surface area contributed by atoms with E-state index in [1.54, 1.807) is 0 Å². The zero-order valence-corrected chi connectivity index (χ0v) is 16.3. The van der Waals surface area contributed by atoms with Crippen molar-refractivity contribution >= 4 is 5.91 Å². The van der Waals surface area contributed by atoms with Crippen molar-refractivity contribution in [2.75, 3.05) is 33.2 Å². The van der Waals surface area contributed by atoms with Crippen LogP contribution in [0.3, 0.4) is 0 Å². The van der Waals surface area contributed by atoms with Crippen molar-refractivity contribution in [1.29, 1.82) is 0 Å². The van der Waals surface area contributed by atoms with Crippen LogP contribution in [0.4, 0.5) is 0 Å². The Morgan fingerprint density at radius 2 is 2.08 bits per heavy atom. The molecule has 3 aliphatic rings. The van der Waals surface area contributed by atoms with E-state index in [-0.39, 0.29) is 17.0 Å². The quantitative estimate of drug-likeness (QED) is 0.881. The van der Waals surface area contributed by atoms with Crippen LogP contribution in [0.15, 0.2) is 18.2 Å². The number of amides is 1. The predicted molar refractivity (Wildman–Crippen MR) is 102 cm³/mol. The van der Waals surface area contributed by atoms with E-state index in [4.69, 9.17) is 4.74 Å². The van der Waals surface area contributed by atoms with Crippen molar-refractivity contribution < 1.29 is 9.53 Å². The third kappa shape index (κ3) is 3.47. The molecule has 1 atom stereocenters. The Labute approximate surface area is 156 Å². The molecule has 0 unspecified atom stereocenters. The topological polar surface area (TPSA) is 44.8 Å². The lowest BCUT2D eigenvalue weighted by Crippen LogP contribution is -2.60. The average Bonchev–Trinajstić information content (AvgIpc) is 2.77. The molecule has 2 fully saturated rings. The van der Waals surface area contributed by atoms with Gasteiger partial charge in [-0.2, -0.15) is 0 Å². The fraction of sp³-hybridized carbons (Fsp3) is 0.667. The first-order chi connectivity index (χ1) is 12.4. The minimum absolute atomic E-state index is 0.0846. The van der Waals surface area contributed by atoms with E-state index in [2.05, 4.69) is 54.2 Å². The molecule has 3 heterocycles. The highest BCUT2D eigenvalue weighted by Crippen LogP contribution is 2.36. The highest BCUT2D eigenvalue weighted by atomic mass is 16.5. The normalized spacial score (nSPS) is 29.1. The molecule has 1 amide bonds. The second-order valence-electron chi connectivity index (χ2n) is 8.94. The minimum atomic E-state index is -0.0846. The highest BCUT2D eigenvalue weighted by molar-refractivity contribution is 5.76. The van der Waals surface area contributed by atoms with Crippen LogP contribution in [0, 0.1) is 0 Å². The zero-order valence-electron chi connectivity index (χ0n) is 16.3. The number of benzene rings is 1. The molecular weight excluding hydrogens is 326 g/mol. The monoisotopic (exact) mass is 357 g/mol. The molecule has 1 aromatic carbocycles. The Morgan fingerprint density at radius 1 is 1.23 bits per heavy atom. The van der Waals surface area contributed by atoms with Gasteiger partial charge >= 0.3 is 0 Å². The van der Waals surface area contributed by atoms with Crippen LogP contribution in [0.5, 0.6) is 5.75 Å². The fourth-order valence-corrected chi connectivity index (χ4v) is 4.83. The summed E-state index contributed by atoms with van der Waals surface area (Å²) in [6, 6.07) is 6.68. The Balaban J connectivity index is 1.47. The van der Waals surface area contributed by atoms with Gasteiger partial charge in [-0.3, -0.25) is 14.6 Å². The molecule has 0 bridgehead atoms. The minimum Gasteiger partial charge on any atom is -0.487 e. The van der Waals surface area contributed by atoms with Crippen molar-refractivity contribution in [3.63, 3.8) is 0 Å². The third-order valence-corrected chi connectivity index (χ3v) is 6.34. The van der Waals surface area contributed by atoms with Crippen LogP contribution in [-0.4, -0.2) is 60.1 Å². The number of hydrogen-bond donors (Lipinski definition) is 1. The molecule has 1 N–H and O–H groups in total. The van der Waals surface area contributed by atoms with E-state index in [9.17, 15) is 4.79 Å². The number of fused-ring (bicyclic) bond motifs is 1. The summed E-state index contributed by atoms with van der Waals surface area (Å²) in [6.07, 6.45) is 3.62. The van der Waals surface area contributed by atoms with Gasteiger partial charge in [-0.15, -0.1) is 0 Å². The maximum Gasteiger partial charge on any atom is 0.220 e. The molecule has 26 heavy (non-hydrogen) atoms. The first-order valence-corrected chi connectivity index (χ1v) is 9.86. The Hall–Kier alpha value is -1.59. The smallest absolute Gasteiger partial charge is 0.220 e. The number of nitrogens with one attached hydrogen (secondary N) is 1. The zero-order chi connectivity index (χ0) is 18.4. The molecular formula is C21H31N3O2. The molecule has 3 aliphatic heterocycles. The molecule has 0 aromatic heterocycles. The lowest BCUT2D eigenvalue weighted by Gasteiger charge is -2.49. The van der Waals surface area contributed by atoms with Crippen molar-refractivity contribution in [1.82, 2.24) is 15.1 Å². The first-order valence-electron chi connectivity index (χ1n) is 9.86. The van der Waals surface area contributed by atoms with E-state index in [1.807, 2.05) is 0 Å². The molecule has 2 saturated heterocycles. The lowest BCUT2D eigenvalue weighted by atomic mass is 9.86. The van der Waals surface area contributed by atoms with Crippen LogP contribution in [-0.2, 0) is 17.8 Å². The van der Waals surface area contributed by atoms with Crippen LogP contribution in [0.2, 0.25) is 0 Å². The number of carbonyl (C=O) groups excluding carboxylic acids is 1. The third-order valence-electron chi connectivity index (χ3n) is 6.34. The van der Waals surface area contributed by atoms with Gasteiger partial charge in [0.15, 0.2) is 0 Å². The van der Waals surface area contributed by atoms with E-state index >= 15 is 0 Å². The summed E-state index contributed by atoms with van der Waals surface area (Å²) >= 11 is 0. The molecule has 0 radical (unpaired) electrons. The van der Waals surface area contributed by atoms with E-state index < -0.39 is 0 Å². The summed E-state index contributed by atoms with van der Waals surface area (Å²) in [7, 11) is 2.22. The van der Waals surface area contributed by atoms with E-state index in [1.165, 1.54) is 11.1 Å².